The maximum Gasteiger partial charge on any atom is 0.341 e. The van der Waals surface area contributed by atoms with Crippen molar-refractivity contribution in [3.05, 3.63) is 39.8 Å². The highest BCUT2D eigenvalue weighted by Crippen LogP contribution is 2.40. The van der Waals surface area contributed by atoms with Crippen LogP contribution in [0.2, 0.25) is 0 Å². The highest BCUT2D eigenvalue weighted by Gasteiger charge is 2.26. The van der Waals surface area contributed by atoms with Crippen LogP contribution in [-0.2, 0) is 4.74 Å². The summed E-state index contributed by atoms with van der Waals surface area (Å²) in [7, 11) is 1.37. The number of ether oxygens (including phenoxy) is 1. The topological polar surface area (TPSA) is 67.4 Å². The van der Waals surface area contributed by atoms with Crippen molar-refractivity contribution in [2.75, 3.05) is 12.4 Å². The third kappa shape index (κ3) is 4.38. The first kappa shape index (κ1) is 20.4. The van der Waals surface area contributed by atoms with E-state index in [2.05, 4.69) is 30.5 Å². The average molecular weight is 401 g/mol. The maximum absolute atomic E-state index is 12.6. The van der Waals surface area contributed by atoms with E-state index in [1.807, 2.05) is 19.1 Å². The highest BCUT2D eigenvalue weighted by molar-refractivity contribution is 7.17. The maximum atomic E-state index is 12.6. The molecule has 150 valence electrons. The molecule has 0 atom stereocenters. The highest BCUT2D eigenvalue weighted by atomic mass is 32.1. The van der Waals surface area contributed by atoms with Crippen molar-refractivity contribution in [2.45, 2.75) is 58.9 Å². The number of nitrogens with one attached hydrogen (secondary N) is 2. The fourth-order valence-corrected chi connectivity index (χ4v) is 4.80. The van der Waals surface area contributed by atoms with Crippen LogP contribution in [0.1, 0.15) is 58.5 Å². The molecule has 28 heavy (non-hydrogen) atoms. The molecule has 0 spiro atoms. The Hall–Kier alpha value is -2.34. The molecule has 0 bridgehead atoms. The number of anilines is 1. The van der Waals surface area contributed by atoms with Gasteiger partial charge in [-0.3, -0.25) is 5.32 Å². The Balaban J connectivity index is 1.91. The predicted octanol–water partition coefficient (Wildman–Crippen LogP) is 5.58. The molecule has 1 fully saturated rings. The Morgan fingerprint density at radius 2 is 1.79 bits per heavy atom. The van der Waals surface area contributed by atoms with E-state index in [-0.39, 0.29) is 12.1 Å². The zero-order chi connectivity index (χ0) is 20.3. The van der Waals surface area contributed by atoms with E-state index in [1.54, 1.807) is 0 Å². The molecule has 0 saturated heterocycles. The summed E-state index contributed by atoms with van der Waals surface area (Å²) < 4.78 is 5.03. The van der Waals surface area contributed by atoms with Crippen LogP contribution in [0.4, 0.5) is 9.80 Å². The number of amides is 2. The third-order valence-corrected chi connectivity index (χ3v) is 6.46. The molecular weight excluding hydrogens is 372 g/mol. The number of thiophene rings is 1. The molecule has 6 heteroatoms. The van der Waals surface area contributed by atoms with Crippen molar-refractivity contribution in [3.63, 3.8) is 0 Å². The number of benzene rings is 1. The van der Waals surface area contributed by atoms with Gasteiger partial charge in [-0.05, 0) is 50.3 Å². The first-order valence-electron chi connectivity index (χ1n) is 9.77. The van der Waals surface area contributed by atoms with Crippen LogP contribution in [0, 0.1) is 20.8 Å². The molecule has 2 aromatic rings. The Morgan fingerprint density at radius 1 is 1.07 bits per heavy atom. The molecule has 1 aliphatic rings. The minimum absolute atomic E-state index is 0.204. The Morgan fingerprint density at radius 3 is 2.43 bits per heavy atom. The van der Waals surface area contributed by atoms with Gasteiger partial charge in [0.25, 0.3) is 0 Å². The number of hydrogen-bond donors (Lipinski definition) is 2. The van der Waals surface area contributed by atoms with E-state index in [0.717, 1.165) is 47.3 Å². The fraction of sp³-hybridized carbons (Fsp3) is 0.455. The Kier molecular flexibility index (Phi) is 6.39. The summed E-state index contributed by atoms with van der Waals surface area (Å²) >= 11 is 1.41. The fourth-order valence-electron chi connectivity index (χ4n) is 3.75. The number of carbonyl (C=O) groups is 2. The van der Waals surface area contributed by atoms with Gasteiger partial charge in [0, 0.05) is 16.5 Å². The van der Waals surface area contributed by atoms with Gasteiger partial charge in [-0.25, -0.2) is 9.59 Å². The largest absolute Gasteiger partial charge is 0.465 e. The SMILES string of the molecule is COC(=O)c1c(NC(=O)NC2CCCCC2)sc(C)c1-c1ccc(C)c(C)c1. The molecule has 1 saturated carbocycles. The summed E-state index contributed by atoms with van der Waals surface area (Å²) in [6.07, 6.45) is 5.54. The minimum Gasteiger partial charge on any atom is -0.465 e. The van der Waals surface area contributed by atoms with Crippen molar-refractivity contribution in [3.8, 4) is 11.1 Å². The molecule has 2 N–H and O–H groups in total. The molecule has 0 radical (unpaired) electrons. The monoisotopic (exact) mass is 400 g/mol. The van der Waals surface area contributed by atoms with Crippen LogP contribution in [0.3, 0.4) is 0 Å². The lowest BCUT2D eigenvalue weighted by molar-refractivity contribution is 0.0603. The lowest BCUT2D eigenvalue weighted by Gasteiger charge is -2.22. The van der Waals surface area contributed by atoms with Gasteiger partial charge in [0.05, 0.1) is 7.11 Å². The van der Waals surface area contributed by atoms with Gasteiger partial charge in [-0.1, -0.05) is 37.5 Å². The summed E-state index contributed by atoms with van der Waals surface area (Å²) in [6, 6.07) is 6.07. The number of urea groups is 1. The number of carbonyl (C=O) groups excluding carboxylic acids is 2. The van der Waals surface area contributed by atoms with Gasteiger partial charge in [0.15, 0.2) is 0 Å². The second-order valence-electron chi connectivity index (χ2n) is 7.46. The molecule has 1 aromatic carbocycles. The zero-order valence-corrected chi connectivity index (χ0v) is 17.8. The van der Waals surface area contributed by atoms with Crippen molar-refractivity contribution >= 4 is 28.3 Å². The van der Waals surface area contributed by atoms with Gasteiger partial charge in [-0.2, -0.15) is 0 Å². The number of rotatable bonds is 4. The molecule has 5 nitrogen and oxygen atoms in total. The lowest BCUT2D eigenvalue weighted by atomic mass is 9.96. The summed E-state index contributed by atoms with van der Waals surface area (Å²) in [6.45, 7) is 6.07. The average Bonchev–Trinajstić information content (AvgIpc) is 2.99. The van der Waals surface area contributed by atoms with E-state index < -0.39 is 5.97 Å². The molecule has 2 amide bonds. The van der Waals surface area contributed by atoms with Gasteiger partial charge in [0.1, 0.15) is 10.6 Å². The van der Waals surface area contributed by atoms with Gasteiger partial charge >= 0.3 is 12.0 Å². The first-order chi connectivity index (χ1) is 13.4. The molecule has 1 heterocycles. The van der Waals surface area contributed by atoms with Crippen molar-refractivity contribution < 1.29 is 14.3 Å². The smallest absolute Gasteiger partial charge is 0.341 e. The van der Waals surface area contributed by atoms with Crippen molar-refractivity contribution in [2.24, 2.45) is 0 Å². The Labute approximate surface area is 170 Å². The van der Waals surface area contributed by atoms with E-state index in [1.165, 1.54) is 30.4 Å². The number of methoxy groups -OCH3 is 1. The van der Waals surface area contributed by atoms with E-state index in [4.69, 9.17) is 4.74 Å². The molecule has 1 aromatic heterocycles. The number of aryl methyl sites for hydroxylation is 3. The van der Waals surface area contributed by atoms with Crippen molar-refractivity contribution in [1.29, 1.82) is 0 Å². The van der Waals surface area contributed by atoms with Crippen LogP contribution >= 0.6 is 11.3 Å². The normalized spacial score (nSPS) is 14.6. The molecule has 0 aliphatic heterocycles. The number of hydrogen-bond acceptors (Lipinski definition) is 4. The van der Waals surface area contributed by atoms with Crippen LogP contribution in [0.15, 0.2) is 18.2 Å². The quantitative estimate of drug-likeness (QED) is 0.658. The first-order valence-corrected chi connectivity index (χ1v) is 10.6. The predicted molar refractivity (Wildman–Crippen MR) is 114 cm³/mol. The van der Waals surface area contributed by atoms with E-state index >= 15 is 0 Å². The lowest BCUT2D eigenvalue weighted by Crippen LogP contribution is -2.39. The third-order valence-electron chi connectivity index (χ3n) is 5.44. The summed E-state index contributed by atoms with van der Waals surface area (Å²) in [5.41, 5.74) is 4.56. The van der Waals surface area contributed by atoms with Crippen LogP contribution in [0.5, 0.6) is 0 Å². The van der Waals surface area contributed by atoms with Gasteiger partial charge in [0.2, 0.25) is 0 Å². The van der Waals surface area contributed by atoms with Crippen molar-refractivity contribution in [1.82, 2.24) is 5.32 Å². The standard InChI is InChI=1S/C22H28N2O3S/c1-13-10-11-16(12-14(13)2)18-15(3)28-20(19(18)21(25)27-4)24-22(26)23-17-8-6-5-7-9-17/h10-12,17H,5-9H2,1-4H3,(H2,23,24,26). The molecule has 0 unspecified atom stereocenters. The zero-order valence-electron chi connectivity index (χ0n) is 17.0. The van der Waals surface area contributed by atoms with Crippen LogP contribution < -0.4 is 10.6 Å². The minimum atomic E-state index is -0.439. The molecule has 1 aliphatic carbocycles. The summed E-state index contributed by atoms with van der Waals surface area (Å²) in [5.74, 6) is -0.439. The Bertz CT molecular complexity index is 882. The van der Waals surface area contributed by atoms with Crippen LogP contribution in [0.25, 0.3) is 11.1 Å². The summed E-state index contributed by atoms with van der Waals surface area (Å²) in [4.78, 5) is 26.1. The second-order valence-corrected chi connectivity index (χ2v) is 8.69. The molecule has 3 rings (SSSR count). The molecular formula is C22H28N2O3S. The van der Waals surface area contributed by atoms with Gasteiger partial charge in [-0.15, -0.1) is 11.3 Å². The van der Waals surface area contributed by atoms with Gasteiger partial charge < -0.3 is 10.1 Å². The van der Waals surface area contributed by atoms with E-state index in [9.17, 15) is 9.59 Å². The second kappa shape index (κ2) is 8.78. The van der Waals surface area contributed by atoms with E-state index in [0.29, 0.717) is 10.6 Å². The summed E-state index contributed by atoms with van der Waals surface area (Å²) in [5, 5.41) is 6.47. The number of esters is 1. The van der Waals surface area contributed by atoms with Crippen LogP contribution in [-0.4, -0.2) is 25.2 Å².